The number of anilines is 1. The first kappa shape index (κ1) is 11.9. The molecular formula is C13H12ClNO2. The van der Waals surface area contributed by atoms with Crippen LogP contribution < -0.4 is 4.90 Å². The van der Waals surface area contributed by atoms with E-state index < -0.39 is 17.1 Å². The van der Waals surface area contributed by atoms with Gasteiger partial charge in [-0.15, -0.1) is 0 Å². The maximum atomic E-state index is 12.1. The summed E-state index contributed by atoms with van der Waals surface area (Å²) in [5, 5.41) is 0.163. The molecule has 0 saturated heterocycles. The third-order valence-corrected chi connectivity index (χ3v) is 3.68. The van der Waals surface area contributed by atoms with Crippen LogP contribution in [0, 0.1) is 0 Å². The van der Waals surface area contributed by atoms with Crippen molar-refractivity contribution in [1.82, 2.24) is 0 Å². The van der Waals surface area contributed by atoms with Gasteiger partial charge in [0.15, 0.2) is 0 Å². The lowest BCUT2D eigenvalue weighted by Gasteiger charge is -2.37. The predicted octanol–water partition coefficient (Wildman–Crippen LogP) is 2.24. The number of Topliss-reactive ketones (excluding diaryl/α,β-unsaturated/α-hetero) is 1. The fourth-order valence-electron chi connectivity index (χ4n) is 2.06. The van der Waals surface area contributed by atoms with Gasteiger partial charge in [0.1, 0.15) is 0 Å². The largest absolute Gasteiger partial charge is 0.309 e. The van der Waals surface area contributed by atoms with Crippen LogP contribution in [0.2, 0.25) is 0 Å². The van der Waals surface area contributed by atoms with E-state index in [1.807, 2.05) is 12.1 Å². The van der Waals surface area contributed by atoms with Crippen molar-refractivity contribution in [2.75, 3.05) is 11.9 Å². The van der Waals surface area contributed by atoms with Crippen molar-refractivity contribution in [2.45, 2.75) is 12.3 Å². The molecule has 1 amide bonds. The van der Waals surface area contributed by atoms with E-state index in [2.05, 4.69) is 6.58 Å². The van der Waals surface area contributed by atoms with Crippen LogP contribution in [-0.4, -0.2) is 18.7 Å². The Morgan fingerprint density at radius 1 is 1.35 bits per heavy atom. The zero-order valence-corrected chi connectivity index (χ0v) is 10.4. The number of carbonyl (C=O) groups is 2. The maximum absolute atomic E-state index is 12.1. The molecule has 1 aromatic carbocycles. The quantitative estimate of drug-likeness (QED) is 0.716. The minimum absolute atomic E-state index is 0.163. The van der Waals surface area contributed by atoms with Gasteiger partial charge in [-0.25, -0.2) is 0 Å². The highest BCUT2D eigenvalue weighted by Crippen LogP contribution is 2.43. The van der Waals surface area contributed by atoms with Crippen molar-refractivity contribution in [3.05, 3.63) is 41.4 Å². The lowest BCUT2D eigenvalue weighted by atomic mass is 9.74. The first-order chi connectivity index (χ1) is 7.90. The summed E-state index contributed by atoms with van der Waals surface area (Å²) >= 11 is 5.95. The summed E-state index contributed by atoms with van der Waals surface area (Å²) < 4.78 is 0. The van der Waals surface area contributed by atoms with Crippen molar-refractivity contribution >= 4 is 29.0 Å². The van der Waals surface area contributed by atoms with Crippen LogP contribution in [0.25, 0.3) is 0 Å². The molecule has 0 bridgehead atoms. The molecule has 3 nitrogen and oxygen atoms in total. The number of benzene rings is 1. The van der Waals surface area contributed by atoms with Crippen LogP contribution in [-0.2, 0) is 15.0 Å². The molecule has 88 valence electrons. The molecule has 0 saturated carbocycles. The van der Waals surface area contributed by atoms with Crippen molar-refractivity contribution in [1.29, 1.82) is 0 Å². The van der Waals surface area contributed by atoms with Crippen LogP contribution >= 0.6 is 11.6 Å². The number of allylic oxidation sites excluding steroid dienone is 1. The number of likely N-dealkylation sites (N-methyl/N-ethyl adjacent to an activating group) is 1. The Balaban J connectivity index is 2.78. The van der Waals surface area contributed by atoms with Crippen LogP contribution in [0.5, 0.6) is 0 Å². The number of nitrogens with zero attached hydrogens (tertiary/aromatic N) is 1. The van der Waals surface area contributed by atoms with E-state index in [1.54, 1.807) is 26.1 Å². The summed E-state index contributed by atoms with van der Waals surface area (Å²) in [6.45, 7) is 5.27. The molecule has 0 radical (unpaired) electrons. The second kappa shape index (κ2) is 3.70. The van der Waals surface area contributed by atoms with Crippen LogP contribution in [0.3, 0.4) is 0 Å². The second-order valence-electron chi connectivity index (χ2n) is 4.24. The number of carbonyl (C=O) groups excluding carboxylic acids is 2. The standard InChI is InChI=1S/C13H12ClNO2/c1-8(14)13(2)9-6-4-5-7-10(9)15(3)12(17)11(13)16/h4-7H,1H2,2-3H3. The summed E-state index contributed by atoms with van der Waals surface area (Å²) in [6, 6.07) is 7.21. The van der Waals surface area contributed by atoms with Crippen LogP contribution in [0.15, 0.2) is 35.9 Å². The van der Waals surface area contributed by atoms with E-state index in [4.69, 9.17) is 11.6 Å². The van der Waals surface area contributed by atoms with Crippen molar-refractivity contribution in [3.8, 4) is 0 Å². The van der Waals surface area contributed by atoms with E-state index in [0.29, 0.717) is 11.3 Å². The number of para-hydroxylation sites is 1. The topological polar surface area (TPSA) is 37.4 Å². The molecular weight excluding hydrogens is 238 g/mol. The molecule has 0 aromatic heterocycles. The van der Waals surface area contributed by atoms with Crippen LogP contribution in [0.4, 0.5) is 5.69 Å². The number of halogens is 1. The number of amides is 1. The van der Waals surface area contributed by atoms with Gasteiger partial charge in [0.2, 0.25) is 5.78 Å². The summed E-state index contributed by atoms with van der Waals surface area (Å²) in [5.74, 6) is -1.10. The van der Waals surface area contributed by atoms with Gasteiger partial charge in [0.25, 0.3) is 5.91 Å². The average Bonchev–Trinajstić information content (AvgIpc) is 2.33. The zero-order valence-electron chi connectivity index (χ0n) is 9.66. The Morgan fingerprint density at radius 2 is 1.94 bits per heavy atom. The van der Waals surface area contributed by atoms with Crippen molar-refractivity contribution < 1.29 is 9.59 Å². The van der Waals surface area contributed by atoms with Gasteiger partial charge in [-0.3, -0.25) is 9.59 Å². The molecule has 1 unspecified atom stereocenters. The van der Waals surface area contributed by atoms with Gasteiger partial charge in [0, 0.05) is 17.8 Å². The monoisotopic (exact) mass is 249 g/mol. The van der Waals surface area contributed by atoms with E-state index in [-0.39, 0.29) is 5.03 Å². The summed E-state index contributed by atoms with van der Waals surface area (Å²) in [6.07, 6.45) is 0. The molecule has 0 N–H and O–H groups in total. The highest BCUT2D eigenvalue weighted by atomic mass is 35.5. The molecule has 1 atom stereocenters. The number of hydrogen-bond acceptors (Lipinski definition) is 2. The summed E-state index contributed by atoms with van der Waals surface area (Å²) in [4.78, 5) is 25.4. The molecule has 0 spiro atoms. The number of fused-ring (bicyclic) bond motifs is 1. The van der Waals surface area contributed by atoms with E-state index >= 15 is 0 Å². The Hall–Kier alpha value is -1.61. The number of rotatable bonds is 1. The Morgan fingerprint density at radius 3 is 2.53 bits per heavy atom. The summed E-state index contributed by atoms with van der Waals surface area (Å²) in [5.41, 5.74) is 0.273. The SMILES string of the molecule is C=C(Cl)C1(C)C(=O)C(=O)N(C)c2ccccc21. The zero-order chi connectivity index (χ0) is 12.8. The highest BCUT2D eigenvalue weighted by Gasteiger charge is 2.48. The first-order valence-electron chi connectivity index (χ1n) is 5.17. The van der Waals surface area contributed by atoms with Gasteiger partial charge < -0.3 is 4.90 Å². The van der Waals surface area contributed by atoms with Crippen molar-refractivity contribution in [2.24, 2.45) is 0 Å². The molecule has 2 rings (SSSR count). The normalized spacial score (nSPS) is 23.6. The Bertz CT molecular complexity index is 538. The molecule has 1 heterocycles. The molecule has 4 heteroatoms. The Kier molecular flexibility index (Phi) is 2.59. The highest BCUT2D eigenvalue weighted by molar-refractivity contribution is 6.49. The molecule has 17 heavy (non-hydrogen) atoms. The number of hydrogen-bond donors (Lipinski definition) is 0. The van der Waals surface area contributed by atoms with E-state index in [0.717, 1.165) is 0 Å². The van der Waals surface area contributed by atoms with Gasteiger partial charge in [-0.2, -0.15) is 0 Å². The molecule has 0 fully saturated rings. The molecule has 1 aromatic rings. The second-order valence-corrected chi connectivity index (χ2v) is 4.70. The van der Waals surface area contributed by atoms with E-state index in [9.17, 15) is 9.59 Å². The lowest BCUT2D eigenvalue weighted by Crippen LogP contribution is -2.50. The third-order valence-electron chi connectivity index (χ3n) is 3.30. The smallest absolute Gasteiger partial charge is 0.295 e. The third kappa shape index (κ3) is 1.42. The molecule has 0 aliphatic carbocycles. The minimum atomic E-state index is -1.14. The minimum Gasteiger partial charge on any atom is -0.309 e. The number of ketones is 1. The maximum Gasteiger partial charge on any atom is 0.295 e. The molecule has 1 aliphatic rings. The van der Waals surface area contributed by atoms with Gasteiger partial charge >= 0.3 is 0 Å². The average molecular weight is 250 g/mol. The van der Waals surface area contributed by atoms with Gasteiger partial charge in [-0.1, -0.05) is 36.4 Å². The summed E-state index contributed by atoms with van der Waals surface area (Å²) in [7, 11) is 1.58. The Labute approximate surface area is 105 Å². The predicted molar refractivity (Wildman–Crippen MR) is 67.2 cm³/mol. The van der Waals surface area contributed by atoms with E-state index in [1.165, 1.54) is 4.90 Å². The van der Waals surface area contributed by atoms with Crippen LogP contribution in [0.1, 0.15) is 12.5 Å². The van der Waals surface area contributed by atoms with Gasteiger partial charge in [0.05, 0.1) is 5.41 Å². The van der Waals surface area contributed by atoms with Crippen molar-refractivity contribution in [3.63, 3.8) is 0 Å². The van der Waals surface area contributed by atoms with Gasteiger partial charge in [-0.05, 0) is 18.6 Å². The first-order valence-corrected chi connectivity index (χ1v) is 5.55. The lowest BCUT2D eigenvalue weighted by molar-refractivity contribution is -0.138. The molecule has 1 aliphatic heterocycles. The fraction of sp³-hybridized carbons (Fsp3) is 0.231. The fourth-order valence-corrected chi connectivity index (χ4v) is 2.24.